The smallest absolute Gasteiger partial charge is 0.211 e. The van der Waals surface area contributed by atoms with E-state index < -0.39 is 0 Å². The quantitative estimate of drug-likeness (QED) is 0.450. The number of rotatable bonds is 5. The van der Waals surface area contributed by atoms with Gasteiger partial charge in [0.05, 0.1) is 6.21 Å². The van der Waals surface area contributed by atoms with Gasteiger partial charge in [-0.3, -0.25) is 0 Å². The van der Waals surface area contributed by atoms with Crippen molar-refractivity contribution >= 4 is 12.6 Å². The van der Waals surface area contributed by atoms with Gasteiger partial charge in [-0.2, -0.15) is 0 Å². The first-order valence-corrected chi connectivity index (χ1v) is 4.33. The van der Waals surface area contributed by atoms with Crippen LogP contribution in [0.5, 0.6) is 0 Å². The van der Waals surface area contributed by atoms with Gasteiger partial charge in [-0.25, -0.2) is 4.79 Å². The van der Waals surface area contributed by atoms with Crippen LogP contribution >= 0.6 is 0 Å². The Labute approximate surface area is 73.0 Å². The van der Waals surface area contributed by atoms with E-state index in [0.717, 1.165) is 25.8 Å². The predicted molar refractivity (Wildman–Crippen MR) is 48.0 cm³/mol. The molecule has 0 aromatic carbocycles. The van der Waals surface area contributed by atoms with Gasteiger partial charge in [0.15, 0.2) is 0 Å². The third-order valence-electron chi connectivity index (χ3n) is 1.95. The molecule has 0 aliphatic carbocycles. The van der Waals surface area contributed by atoms with E-state index in [1.165, 1.54) is 0 Å². The largest absolute Gasteiger partial charge is 0.476 e. The average Bonchev–Trinajstić information content (AvgIpc) is 2.55. The van der Waals surface area contributed by atoms with Crippen LogP contribution in [-0.4, -0.2) is 23.8 Å². The summed E-state index contributed by atoms with van der Waals surface area (Å²) >= 11 is 0. The summed E-state index contributed by atoms with van der Waals surface area (Å²) in [5, 5.41) is 4.04. The molecule has 12 heavy (non-hydrogen) atoms. The van der Waals surface area contributed by atoms with Crippen molar-refractivity contribution in [1.29, 1.82) is 0 Å². The number of amides is 1. The molecule has 3 nitrogen and oxygen atoms in total. The zero-order valence-electron chi connectivity index (χ0n) is 7.36. The van der Waals surface area contributed by atoms with Gasteiger partial charge in [0.1, 0.15) is 12.7 Å². The molecule has 3 heteroatoms. The maximum atomic E-state index is 10.6. The van der Waals surface area contributed by atoms with Crippen molar-refractivity contribution in [2.24, 2.45) is 5.10 Å². The molecule has 1 aliphatic rings. The second kappa shape index (κ2) is 4.16. The number of hydrogen-bond donors (Lipinski definition) is 0. The molecule has 1 unspecified atom stereocenters. The molecule has 1 heterocycles. The van der Waals surface area contributed by atoms with E-state index in [9.17, 15) is 4.79 Å². The lowest BCUT2D eigenvalue weighted by atomic mass is 10.2. The monoisotopic (exact) mass is 166 g/mol. The molecular formula is C9H14N2O+. The highest BCUT2D eigenvalue weighted by Crippen LogP contribution is 2.12. The van der Waals surface area contributed by atoms with Gasteiger partial charge in [-0.1, -0.05) is 23.0 Å². The molecule has 0 N–H and O–H groups in total. The number of allylic oxidation sites excluding steroid dienone is 1. The lowest BCUT2D eigenvalue weighted by Gasteiger charge is -2.15. The summed E-state index contributed by atoms with van der Waals surface area (Å²) in [7, 11) is 0. The molecule has 1 rings (SSSR count). The zero-order valence-corrected chi connectivity index (χ0v) is 7.36. The molecule has 0 bridgehead atoms. The van der Waals surface area contributed by atoms with Gasteiger partial charge in [-0.05, 0) is 12.8 Å². The summed E-state index contributed by atoms with van der Waals surface area (Å²) < 4.78 is 0.0139. The SMILES string of the molecule is CCCCC[N+]1([C]=O)C=CC=N1. The first-order chi connectivity index (χ1) is 5.83. The number of nitrogens with zero attached hydrogens (tertiary/aromatic N) is 2. The predicted octanol–water partition coefficient (Wildman–Crippen LogP) is 1.57. The van der Waals surface area contributed by atoms with Gasteiger partial charge in [0.2, 0.25) is 0 Å². The van der Waals surface area contributed by atoms with E-state index in [0.29, 0.717) is 0 Å². The normalized spacial score (nSPS) is 26.4. The Morgan fingerprint density at radius 3 is 2.83 bits per heavy atom. The van der Waals surface area contributed by atoms with E-state index in [1.807, 2.05) is 6.41 Å². The van der Waals surface area contributed by atoms with Crippen LogP contribution in [0.15, 0.2) is 17.4 Å². The van der Waals surface area contributed by atoms with E-state index in [4.69, 9.17) is 0 Å². The van der Waals surface area contributed by atoms with Crippen LogP contribution in [0.25, 0.3) is 0 Å². The second-order valence-electron chi connectivity index (χ2n) is 2.95. The second-order valence-corrected chi connectivity index (χ2v) is 2.95. The summed E-state index contributed by atoms with van der Waals surface area (Å²) in [6.45, 7) is 2.88. The van der Waals surface area contributed by atoms with Crippen LogP contribution in [0.2, 0.25) is 0 Å². The van der Waals surface area contributed by atoms with Crippen molar-refractivity contribution in [3.05, 3.63) is 12.3 Å². The summed E-state index contributed by atoms with van der Waals surface area (Å²) in [4.78, 5) is 10.6. The van der Waals surface area contributed by atoms with Crippen molar-refractivity contribution in [2.45, 2.75) is 26.2 Å². The van der Waals surface area contributed by atoms with Crippen molar-refractivity contribution in [3.8, 4) is 0 Å². The molecule has 1 amide bonds. The van der Waals surface area contributed by atoms with Crippen LogP contribution in [-0.2, 0) is 4.79 Å². The first-order valence-electron chi connectivity index (χ1n) is 4.33. The summed E-state index contributed by atoms with van der Waals surface area (Å²) in [5.41, 5.74) is 0. The molecule has 0 fully saturated rings. The molecule has 0 spiro atoms. The molecule has 0 aromatic rings. The third kappa shape index (κ3) is 2.01. The lowest BCUT2D eigenvalue weighted by molar-refractivity contribution is -0.790. The highest BCUT2D eigenvalue weighted by Gasteiger charge is 2.27. The Morgan fingerprint density at radius 1 is 1.50 bits per heavy atom. The fourth-order valence-corrected chi connectivity index (χ4v) is 1.21. The molecule has 0 saturated heterocycles. The molecule has 1 atom stereocenters. The molecule has 1 aliphatic heterocycles. The highest BCUT2D eigenvalue weighted by molar-refractivity contribution is 5.72. The van der Waals surface area contributed by atoms with Gasteiger partial charge >= 0.3 is 6.41 Å². The Kier molecular flexibility index (Phi) is 3.17. The molecule has 65 valence electrons. The first kappa shape index (κ1) is 9.13. The van der Waals surface area contributed by atoms with Crippen LogP contribution in [0.1, 0.15) is 26.2 Å². The minimum absolute atomic E-state index is 0.0139. The summed E-state index contributed by atoms with van der Waals surface area (Å²) in [5.74, 6) is 0. The molecule has 1 radical (unpaired) electrons. The standard InChI is InChI=1S/C9H14N2O/c1-2-3-4-7-11(9-12)8-5-6-10-11/h5-6,8H,2-4,7H2,1H3/q+1. The number of carbonyl (C=O) groups excluding carboxylic acids is 1. The van der Waals surface area contributed by atoms with Gasteiger partial charge in [-0.15, -0.1) is 0 Å². The van der Waals surface area contributed by atoms with Gasteiger partial charge in [0, 0.05) is 6.08 Å². The Hall–Kier alpha value is -0.960. The Bertz CT molecular complexity index is 197. The van der Waals surface area contributed by atoms with Crippen molar-refractivity contribution in [3.63, 3.8) is 0 Å². The highest BCUT2D eigenvalue weighted by atomic mass is 16.2. The fraction of sp³-hybridized carbons (Fsp3) is 0.556. The number of quaternary nitrogens is 1. The van der Waals surface area contributed by atoms with Crippen molar-refractivity contribution in [2.75, 3.05) is 6.54 Å². The van der Waals surface area contributed by atoms with E-state index in [2.05, 4.69) is 12.0 Å². The van der Waals surface area contributed by atoms with Crippen LogP contribution in [0.4, 0.5) is 0 Å². The maximum absolute atomic E-state index is 10.6. The van der Waals surface area contributed by atoms with Gasteiger partial charge < -0.3 is 0 Å². The third-order valence-corrected chi connectivity index (χ3v) is 1.95. The van der Waals surface area contributed by atoms with Crippen molar-refractivity contribution in [1.82, 2.24) is 0 Å². The Balaban J connectivity index is 2.41. The van der Waals surface area contributed by atoms with Gasteiger partial charge in [0.25, 0.3) is 0 Å². The Morgan fingerprint density at radius 2 is 2.33 bits per heavy atom. The fourth-order valence-electron chi connectivity index (χ4n) is 1.21. The van der Waals surface area contributed by atoms with E-state index >= 15 is 0 Å². The van der Waals surface area contributed by atoms with Crippen LogP contribution in [0.3, 0.4) is 0 Å². The topological polar surface area (TPSA) is 29.4 Å². The summed E-state index contributed by atoms with van der Waals surface area (Å²) in [6, 6.07) is 0. The average molecular weight is 166 g/mol. The molecular weight excluding hydrogens is 152 g/mol. The molecule has 0 saturated carbocycles. The zero-order chi connectivity index (χ0) is 8.86. The summed E-state index contributed by atoms with van der Waals surface area (Å²) in [6.07, 6.45) is 10.5. The van der Waals surface area contributed by atoms with Crippen LogP contribution < -0.4 is 0 Å². The van der Waals surface area contributed by atoms with Crippen LogP contribution in [0, 0.1) is 0 Å². The minimum atomic E-state index is 0.0139. The number of unbranched alkanes of at least 4 members (excludes halogenated alkanes) is 2. The number of hydrogen-bond acceptors (Lipinski definition) is 2. The lowest BCUT2D eigenvalue weighted by Crippen LogP contribution is -2.34. The van der Waals surface area contributed by atoms with E-state index in [1.54, 1.807) is 18.5 Å². The molecule has 0 aromatic heterocycles. The van der Waals surface area contributed by atoms with Crippen molar-refractivity contribution < 1.29 is 9.39 Å². The maximum Gasteiger partial charge on any atom is 0.476 e. The minimum Gasteiger partial charge on any atom is -0.211 e. The van der Waals surface area contributed by atoms with E-state index in [-0.39, 0.29) is 4.59 Å².